The molecule has 2 aliphatic rings. The maximum Gasteiger partial charge on any atom is 0.0692 e. The van der Waals surface area contributed by atoms with Gasteiger partial charge in [0.25, 0.3) is 0 Å². The number of rotatable bonds is 2. The third kappa shape index (κ3) is 2.79. The van der Waals surface area contributed by atoms with Gasteiger partial charge in [-0.3, -0.25) is 4.99 Å². The molecule has 0 spiro atoms. The highest BCUT2D eigenvalue weighted by Crippen LogP contribution is 2.37. The van der Waals surface area contributed by atoms with Gasteiger partial charge < -0.3 is 0 Å². The fraction of sp³-hybridized carbons (Fsp3) is 0.278. The number of aliphatic imine (C=N–C) groups is 1. The van der Waals surface area contributed by atoms with Crippen molar-refractivity contribution in [3.05, 3.63) is 63.1 Å². The lowest BCUT2D eigenvalue weighted by molar-refractivity contribution is 0.765. The lowest BCUT2D eigenvalue weighted by atomic mass is 9.82. The smallest absolute Gasteiger partial charge is 0.0692 e. The molecular weight excluding hydrogens is 346 g/mol. The standard InChI is InChI=1S/C18H17BrClN/c1-11(2)13-6-3-5-12-9-10-16(21-18(12)13)17-14(19)7-4-8-15(17)20/h3-8,10-12H,9H2,1-2H3. The van der Waals surface area contributed by atoms with Gasteiger partial charge in [0.15, 0.2) is 0 Å². The molecule has 108 valence electrons. The normalized spacial score (nSPS) is 20.8. The summed E-state index contributed by atoms with van der Waals surface area (Å²) >= 11 is 9.96. The summed E-state index contributed by atoms with van der Waals surface area (Å²) in [5, 5.41) is 0.736. The Hall–Kier alpha value is -1.12. The highest BCUT2D eigenvalue weighted by atomic mass is 79.9. The van der Waals surface area contributed by atoms with Crippen molar-refractivity contribution in [2.24, 2.45) is 16.8 Å². The summed E-state index contributed by atoms with van der Waals surface area (Å²) in [7, 11) is 0. The summed E-state index contributed by atoms with van der Waals surface area (Å²) in [5.74, 6) is 0.877. The molecule has 21 heavy (non-hydrogen) atoms. The molecule has 0 radical (unpaired) electrons. The Morgan fingerprint density at radius 3 is 2.86 bits per heavy atom. The van der Waals surface area contributed by atoms with E-state index in [1.54, 1.807) is 0 Å². The van der Waals surface area contributed by atoms with Gasteiger partial charge >= 0.3 is 0 Å². The Balaban J connectivity index is 2.06. The van der Waals surface area contributed by atoms with E-state index in [1.165, 1.54) is 11.3 Å². The van der Waals surface area contributed by atoms with E-state index in [1.807, 2.05) is 18.2 Å². The Morgan fingerprint density at radius 2 is 2.14 bits per heavy atom. The van der Waals surface area contributed by atoms with Gasteiger partial charge in [-0.05, 0) is 30.0 Å². The van der Waals surface area contributed by atoms with Crippen LogP contribution >= 0.6 is 27.5 Å². The summed E-state index contributed by atoms with van der Waals surface area (Å²) in [4.78, 5) is 4.94. The maximum atomic E-state index is 6.37. The molecule has 0 aromatic heterocycles. The van der Waals surface area contributed by atoms with Gasteiger partial charge in [-0.1, -0.05) is 71.7 Å². The lowest BCUT2D eigenvalue weighted by Crippen LogP contribution is -2.22. The predicted octanol–water partition coefficient (Wildman–Crippen LogP) is 6.06. The van der Waals surface area contributed by atoms with E-state index in [2.05, 4.69) is 54.1 Å². The largest absolute Gasteiger partial charge is 0.252 e. The van der Waals surface area contributed by atoms with Crippen molar-refractivity contribution in [2.75, 3.05) is 0 Å². The highest BCUT2D eigenvalue weighted by Gasteiger charge is 2.25. The van der Waals surface area contributed by atoms with Crippen LogP contribution in [0.5, 0.6) is 0 Å². The predicted molar refractivity (Wildman–Crippen MR) is 94.7 cm³/mol. The molecule has 3 rings (SSSR count). The molecule has 1 nitrogen and oxygen atoms in total. The molecule has 0 bridgehead atoms. The van der Waals surface area contributed by atoms with Crippen molar-refractivity contribution >= 4 is 38.9 Å². The van der Waals surface area contributed by atoms with E-state index >= 15 is 0 Å². The minimum absolute atomic E-state index is 0.400. The van der Waals surface area contributed by atoms with Crippen LogP contribution in [0.15, 0.2) is 57.5 Å². The topological polar surface area (TPSA) is 12.4 Å². The van der Waals surface area contributed by atoms with Gasteiger partial charge in [0.1, 0.15) is 0 Å². The van der Waals surface area contributed by atoms with Crippen molar-refractivity contribution in [3.63, 3.8) is 0 Å². The first-order valence-corrected chi connectivity index (χ1v) is 8.37. The van der Waals surface area contributed by atoms with Crippen LogP contribution < -0.4 is 0 Å². The summed E-state index contributed by atoms with van der Waals surface area (Å²) < 4.78 is 0.991. The summed E-state index contributed by atoms with van der Waals surface area (Å²) in [6.07, 6.45) is 9.74. The Kier molecular flexibility index (Phi) is 4.19. The van der Waals surface area contributed by atoms with Crippen molar-refractivity contribution in [3.8, 4) is 0 Å². The van der Waals surface area contributed by atoms with Gasteiger partial charge in [0, 0.05) is 16.0 Å². The molecular formula is C18H17BrClN. The molecule has 1 aliphatic heterocycles. The zero-order chi connectivity index (χ0) is 15.0. The van der Waals surface area contributed by atoms with Crippen LogP contribution in [0.2, 0.25) is 5.02 Å². The molecule has 1 unspecified atom stereocenters. The summed E-state index contributed by atoms with van der Waals surface area (Å²) in [6, 6.07) is 5.86. The molecule has 1 aliphatic carbocycles. The fourth-order valence-electron chi connectivity index (χ4n) is 2.82. The Labute approximate surface area is 139 Å². The quantitative estimate of drug-likeness (QED) is 0.606. The second kappa shape index (κ2) is 5.94. The average molecular weight is 363 g/mol. The molecule has 0 saturated carbocycles. The van der Waals surface area contributed by atoms with E-state index in [0.29, 0.717) is 11.8 Å². The minimum Gasteiger partial charge on any atom is -0.252 e. The minimum atomic E-state index is 0.400. The van der Waals surface area contributed by atoms with Crippen LogP contribution in [0.4, 0.5) is 0 Å². The van der Waals surface area contributed by atoms with Crippen molar-refractivity contribution in [1.82, 2.24) is 0 Å². The van der Waals surface area contributed by atoms with E-state index in [0.717, 1.165) is 27.2 Å². The zero-order valence-electron chi connectivity index (χ0n) is 12.1. The number of benzene rings is 1. The third-order valence-corrected chi connectivity index (χ3v) is 4.89. The van der Waals surface area contributed by atoms with E-state index in [9.17, 15) is 0 Å². The van der Waals surface area contributed by atoms with Gasteiger partial charge in [-0.15, -0.1) is 0 Å². The lowest BCUT2D eigenvalue weighted by Gasteiger charge is -2.27. The summed E-state index contributed by atoms with van der Waals surface area (Å²) in [5.41, 5.74) is 4.48. The number of allylic oxidation sites excluding steroid dienone is 5. The van der Waals surface area contributed by atoms with Gasteiger partial charge in [0.2, 0.25) is 0 Å². The first-order valence-electron chi connectivity index (χ1n) is 7.20. The SMILES string of the molecule is CC(C)C1=CC=CC2CC=C(c3c(Cl)cccc3Br)N=C12. The Bertz CT molecular complexity index is 675. The van der Waals surface area contributed by atoms with Crippen molar-refractivity contribution < 1.29 is 0 Å². The molecule has 1 aromatic rings. The average Bonchev–Trinajstić information content (AvgIpc) is 2.46. The molecule has 1 heterocycles. The van der Waals surface area contributed by atoms with Gasteiger partial charge in [0.05, 0.1) is 16.4 Å². The van der Waals surface area contributed by atoms with Crippen molar-refractivity contribution in [1.29, 1.82) is 0 Å². The monoisotopic (exact) mass is 361 g/mol. The van der Waals surface area contributed by atoms with E-state index in [-0.39, 0.29) is 0 Å². The molecule has 3 heteroatoms. The first kappa shape index (κ1) is 14.8. The van der Waals surface area contributed by atoms with Crippen LogP contribution in [0, 0.1) is 11.8 Å². The number of halogens is 2. The van der Waals surface area contributed by atoms with E-state index in [4.69, 9.17) is 16.6 Å². The van der Waals surface area contributed by atoms with Crippen LogP contribution in [0.3, 0.4) is 0 Å². The maximum absolute atomic E-state index is 6.37. The number of nitrogens with zero attached hydrogens (tertiary/aromatic N) is 1. The fourth-order valence-corrected chi connectivity index (χ4v) is 3.78. The number of hydrogen-bond donors (Lipinski definition) is 0. The van der Waals surface area contributed by atoms with Crippen LogP contribution in [0.25, 0.3) is 5.70 Å². The van der Waals surface area contributed by atoms with Crippen molar-refractivity contribution in [2.45, 2.75) is 20.3 Å². The molecule has 0 N–H and O–H groups in total. The van der Waals surface area contributed by atoms with Gasteiger partial charge in [-0.2, -0.15) is 0 Å². The molecule has 0 saturated heterocycles. The van der Waals surface area contributed by atoms with Crippen LogP contribution in [0.1, 0.15) is 25.8 Å². The molecule has 0 fully saturated rings. The number of fused-ring (bicyclic) bond motifs is 1. The van der Waals surface area contributed by atoms with Crippen LogP contribution in [-0.2, 0) is 0 Å². The van der Waals surface area contributed by atoms with Gasteiger partial charge in [-0.25, -0.2) is 0 Å². The highest BCUT2D eigenvalue weighted by molar-refractivity contribution is 9.10. The summed E-state index contributed by atoms with van der Waals surface area (Å²) in [6.45, 7) is 4.43. The Morgan fingerprint density at radius 1 is 1.33 bits per heavy atom. The number of hydrogen-bond acceptors (Lipinski definition) is 1. The second-order valence-electron chi connectivity index (χ2n) is 5.69. The second-order valence-corrected chi connectivity index (χ2v) is 6.95. The zero-order valence-corrected chi connectivity index (χ0v) is 14.4. The van der Waals surface area contributed by atoms with E-state index < -0.39 is 0 Å². The van der Waals surface area contributed by atoms with Crippen LogP contribution in [-0.4, -0.2) is 5.71 Å². The molecule has 1 atom stereocenters. The third-order valence-electron chi connectivity index (χ3n) is 3.91. The first-order chi connectivity index (χ1) is 10.1. The molecule has 1 aromatic carbocycles. The molecule has 0 amide bonds.